The third-order valence-corrected chi connectivity index (χ3v) is 2.94. The van der Waals surface area contributed by atoms with E-state index in [0.717, 1.165) is 11.4 Å². The fourth-order valence-electron chi connectivity index (χ4n) is 1.45. The molecule has 2 nitrogen and oxygen atoms in total. The van der Waals surface area contributed by atoms with Gasteiger partial charge in [-0.05, 0) is 54.0 Å². The van der Waals surface area contributed by atoms with E-state index in [0.29, 0.717) is 16.0 Å². The van der Waals surface area contributed by atoms with Gasteiger partial charge in [0.1, 0.15) is 17.3 Å². The predicted molar refractivity (Wildman–Crippen MR) is 67.9 cm³/mol. The molecular weight excluding hydrogens is 285 g/mol. The molecule has 0 spiro atoms. The van der Waals surface area contributed by atoms with Gasteiger partial charge in [-0.15, -0.1) is 0 Å². The number of nitrogens with zero attached hydrogens (tertiary/aromatic N) is 1. The highest BCUT2D eigenvalue weighted by Crippen LogP contribution is 2.27. The topological polar surface area (TPSA) is 22.1 Å². The van der Waals surface area contributed by atoms with Gasteiger partial charge in [-0.25, -0.2) is 4.39 Å². The maximum atomic E-state index is 13.3. The molecule has 0 bridgehead atoms. The van der Waals surface area contributed by atoms with E-state index in [-0.39, 0.29) is 5.82 Å². The Morgan fingerprint density at radius 3 is 2.59 bits per heavy atom. The number of hydrogen-bond donors (Lipinski definition) is 0. The van der Waals surface area contributed by atoms with Gasteiger partial charge in [0.15, 0.2) is 0 Å². The number of aromatic nitrogens is 1. The number of benzene rings is 1. The second-order valence-electron chi connectivity index (χ2n) is 3.71. The van der Waals surface area contributed by atoms with E-state index in [1.165, 1.54) is 6.07 Å². The van der Waals surface area contributed by atoms with Gasteiger partial charge in [0.05, 0.1) is 10.2 Å². The monoisotopic (exact) mass is 295 g/mol. The summed E-state index contributed by atoms with van der Waals surface area (Å²) in [5.74, 6) is 0.747. The Morgan fingerprint density at radius 1 is 1.18 bits per heavy atom. The predicted octanol–water partition coefficient (Wildman–Crippen LogP) is 4.39. The van der Waals surface area contributed by atoms with Gasteiger partial charge >= 0.3 is 0 Å². The highest BCUT2D eigenvalue weighted by atomic mass is 79.9. The first-order valence-electron chi connectivity index (χ1n) is 5.13. The molecule has 2 rings (SSSR count). The molecule has 0 fully saturated rings. The summed E-state index contributed by atoms with van der Waals surface area (Å²) in [7, 11) is 0. The average molecular weight is 296 g/mol. The molecule has 1 aromatic carbocycles. The van der Waals surface area contributed by atoms with Crippen LogP contribution in [0.3, 0.4) is 0 Å². The molecule has 0 atom stereocenters. The van der Waals surface area contributed by atoms with Crippen molar-refractivity contribution in [1.29, 1.82) is 0 Å². The van der Waals surface area contributed by atoms with Crippen molar-refractivity contribution < 1.29 is 9.13 Å². The van der Waals surface area contributed by atoms with Crippen LogP contribution in [0.2, 0.25) is 0 Å². The number of pyridine rings is 1. The second kappa shape index (κ2) is 4.84. The molecular formula is C13H11BrFNO. The average Bonchev–Trinajstić information content (AvgIpc) is 2.27. The summed E-state index contributed by atoms with van der Waals surface area (Å²) in [6, 6.07) is 8.34. The van der Waals surface area contributed by atoms with E-state index in [4.69, 9.17) is 4.74 Å². The van der Waals surface area contributed by atoms with Gasteiger partial charge in [0.2, 0.25) is 0 Å². The summed E-state index contributed by atoms with van der Waals surface area (Å²) in [6.45, 7) is 3.77. The molecule has 0 unspecified atom stereocenters. The fourth-order valence-corrected chi connectivity index (χ4v) is 1.70. The first-order chi connectivity index (χ1) is 8.06. The van der Waals surface area contributed by atoms with Crippen molar-refractivity contribution in [1.82, 2.24) is 4.98 Å². The van der Waals surface area contributed by atoms with E-state index < -0.39 is 0 Å². The maximum Gasteiger partial charge on any atom is 0.148 e. The number of rotatable bonds is 2. The van der Waals surface area contributed by atoms with Crippen molar-refractivity contribution in [2.45, 2.75) is 13.8 Å². The lowest BCUT2D eigenvalue weighted by Gasteiger charge is -2.08. The lowest BCUT2D eigenvalue weighted by atomic mass is 10.3. The molecule has 17 heavy (non-hydrogen) atoms. The zero-order chi connectivity index (χ0) is 12.4. The molecule has 2 aromatic rings. The number of ether oxygens (including phenoxy) is 1. The minimum atomic E-state index is -0.347. The van der Waals surface area contributed by atoms with Gasteiger partial charge in [0.25, 0.3) is 0 Å². The fraction of sp³-hybridized carbons (Fsp3) is 0.154. The zero-order valence-electron chi connectivity index (χ0n) is 9.50. The first kappa shape index (κ1) is 12.0. The number of halogens is 2. The molecule has 1 heterocycles. The molecule has 0 N–H and O–H groups in total. The Kier molecular flexibility index (Phi) is 3.43. The highest BCUT2D eigenvalue weighted by molar-refractivity contribution is 9.10. The van der Waals surface area contributed by atoms with Crippen LogP contribution in [0, 0.1) is 19.7 Å². The van der Waals surface area contributed by atoms with Crippen LogP contribution < -0.4 is 4.74 Å². The minimum Gasteiger partial charge on any atom is -0.455 e. The summed E-state index contributed by atoms with van der Waals surface area (Å²) in [5.41, 5.74) is 1.71. The smallest absolute Gasteiger partial charge is 0.148 e. The molecule has 1 aromatic heterocycles. The largest absolute Gasteiger partial charge is 0.455 e. The van der Waals surface area contributed by atoms with Gasteiger partial charge in [-0.2, -0.15) is 0 Å². The van der Waals surface area contributed by atoms with Crippen LogP contribution in [0.25, 0.3) is 0 Å². The standard InChI is InChI=1S/C13H11BrFNO/c1-8-3-6-13(9(2)16-8)17-10-4-5-11(14)12(15)7-10/h3-7H,1-2H3. The first-order valence-corrected chi connectivity index (χ1v) is 5.93. The van der Waals surface area contributed by atoms with E-state index in [2.05, 4.69) is 20.9 Å². The quantitative estimate of drug-likeness (QED) is 0.820. The summed E-state index contributed by atoms with van der Waals surface area (Å²) < 4.78 is 19.3. The normalized spacial score (nSPS) is 10.4. The Morgan fingerprint density at radius 2 is 1.94 bits per heavy atom. The SMILES string of the molecule is Cc1ccc(Oc2ccc(Br)c(F)c2)c(C)n1. The van der Waals surface area contributed by atoms with Crippen molar-refractivity contribution >= 4 is 15.9 Å². The molecule has 0 saturated carbocycles. The molecule has 0 saturated heterocycles. The molecule has 0 aliphatic carbocycles. The lowest BCUT2D eigenvalue weighted by Crippen LogP contribution is -1.92. The second-order valence-corrected chi connectivity index (χ2v) is 4.57. The molecule has 0 aliphatic heterocycles. The van der Waals surface area contributed by atoms with Gasteiger partial charge in [0, 0.05) is 11.8 Å². The van der Waals surface area contributed by atoms with E-state index in [1.807, 2.05) is 26.0 Å². The number of aryl methyl sites for hydroxylation is 2. The van der Waals surface area contributed by atoms with Crippen LogP contribution in [0.15, 0.2) is 34.8 Å². The van der Waals surface area contributed by atoms with Gasteiger partial charge in [-0.1, -0.05) is 0 Å². The van der Waals surface area contributed by atoms with Crippen molar-refractivity contribution in [2.24, 2.45) is 0 Å². The van der Waals surface area contributed by atoms with Gasteiger partial charge < -0.3 is 4.74 Å². The zero-order valence-corrected chi connectivity index (χ0v) is 11.1. The van der Waals surface area contributed by atoms with Crippen LogP contribution >= 0.6 is 15.9 Å². The Labute approximate surface area is 108 Å². The van der Waals surface area contributed by atoms with Crippen molar-refractivity contribution in [3.63, 3.8) is 0 Å². The van der Waals surface area contributed by atoms with Crippen LogP contribution in [-0.2, 0) is 0 Å². The Bertz CT molecular complexity index is 557. The Hall–Kier alpha value is -1.42. The van der Waals surface area contributed by atoms with Crippen LogP contribution in [-0.4, -0.2) is 4.98 Å². The Balaban J connectivity index is 2.28. The summed E-state index contributed by atoms with van der Waals surface area (Å²) in [4.78, 5) is 4.28. The number of hydrogen-bond acceptors (Lipinski definition) is 2. The molecule has 0 radical (unpaired) electrons. The van der Waals surface area contributed by atoms with Gasteiger partial charge in [-0.3, -0.25) is 4.98 Å². The summed E-state index contributed by atoms with van der Waals surface area (Å²) in [6.07, 6.45) is 0. The van der Waals surface area contributed by atoms with Crippen LogP contribution in [0.4, 0.5) is 4.39 Å². The van der Waals surface area contributed by atoms with E-state index in [1.54, 1.807) is 12.1 Å². The summed E-state index contributed by atoms with van der Waals surface area (Å²) in [5, 5.41) is 0. The van der Waals surface area contributed by atoms with Crippen molar-refractivity contribution in [3.05, 3.63) is 52.0 Å². The third-order valence-electron chi connectivity index (χ3n) is 2.30. The van der Waals surface area contributed by atoms with Crippen molar-refractivity contribution in [2.75, 3.05) is 0 Å². The lowest BCUT2D eigenvalue weighted by molar-refractivity contribution is 0.469. The minimum absolute atomic E-state index is 0.347. The maximum absolute atomic E-state index is 13.3. The molecule has 0 aliphatic rings. The molecule has 0 amide bonds. The van der Waals surface area contributed by atoms with E-state index in [9.17, 15) is 4.39 Å². The highest BCUT2D eigenvalue weighted by Gasteiger charge is 2.05. The molecule has 4 heteroatoms. The van der Waals surface area contributed by atoms with Crippen LogP contribution in [0.1, 0.15) is 11.4 Å². The van der Waals surface area contributed by atoms with Crippen molar-refractivity contribution in [3.8, 4) is 11.5 Å². The third kappa shape index (κ3) is 2.82. The van der Waals surface area contributed by atoms with E-state index >= 15 is 0 Å². The summed E-state index contributed by atoms with van der Waals surface area (Å²) >= 11 is 3.10. The molecule has 88 valence electrons. The van der Waals surface area contributed by atoms with Crippen LogP contribution in [0.5, 0.6) is 11.5 Å².